The number of carbonyl (C=O) groups excluding carboxylic acids is 4. The third kappa shape index (κ3) is 10.5. The fourth-order valence-corrected chi connectivity index (χ4v) is 7.73. The number of fused-ring (bicyclic) bond motifs is 1. The molecule has 4 amide bonds. The lowest BCUT2D eigenvalue weighted by molar-refractivity contribution is -0.144. The summed E-state index contributed by atoms with van der Waals surface area (Å²) in [5.41, 5.74) is 1.68. The number of nitrogens with zero attached hydrogens (tertiary/aromatic N) is 7. The molecule has 19 nitrogen and oxygen atoms in total. The summed E-state index contributed by atoms with van der Waals surface area (Å²) in [5, 5.41) is 34.4. The Kier molecular flexibility index (Phi) is 14.7. The average Bonchev–Trinajstić information content (AvgIpc) is 4.00. The van der Waals surface area contributed by atoms with Crippen molar-refractivity contribution in [2.45, 2.75) is 108 Å². The highest BCUT2D eigenvalue weighted by Gasteiger charge is 2.43. The number of carbonyl (C=O) groups is 4. The number of hydrogen-bond acceptors (Lipinski definition) is 13. The van der Waals surface area contributed by atoms with Gasteiger partial charge in [-0.3, -0.25) is 38.1 Å². The van der Waals surface area contributed by atoms with E-state index in [0.29, 0.717) is 74.6 Å². The number of rotatable bonds is 22. The molecule has 2 saturated heterocycles. The minimum Gasteiger partial charge on any atom is -0.380 e. The van der Waals surface area contributed by atoms with Crippen LogP contribution in [0.1, 0.15) is 87.2 Å². The maximum Gasteiger partial charge on any atom is 0.253 e. The van der Waals surface area contributed by atoms with E-state index in [1.807, 2.05) is 36.5 Å². The minimum absolute atomic E-state index is 0.0175. The normalized spacial score (nSPS) is 18.5. The van der Waals surface area contributed by atoms with Crippen molar-refractivity contribution in [1.82, 2.24) is 56.2 Å². The van der Waals surface area contributed by atoms with Crippen LogP contribution in [0.5, 0.6) is 0 Å². The van der Waals surface area contributed by atoms with E-state index in [0.717, 1.165) is 50.5 Å². The van der Waals surface area contributed by atoms with Crippen molar-refractivity contribution in [1.29, 1.82) is 0 Å². The molecule has 58 heavy (non-hydrogen) atoms. The Hall–Kier alpha value is -5.98. The Bertz CT molecular complexity index is 2060. The first-order valence-electron chi connectivity index (χ1n) is 20.2. The quantitative estimate of drug-likeness (QED) is 0.0358. The standard InChI is InChI=1S/C39H53N13O6/c1-40-22-32(54)45-29-14-6-5-13-28-15-16-31(52(28)39(29)58)38(57)43-21-27-23-50(48-46-27)19-9-7-17-41-34-35(37(56)36(34)55)42-18-8-10-20-51-24-30(47-49-51)33(44-25-53)26-11-3-2-4-12-26/h2-4,11-12,23-25,28-29,31,33,40-42H,5-10,13-22H2,1H3,(H,43,57)(H,44,53)(H,45,54). The van der Waals surface area contributed by atoms with Gasteiger partial charge in [0.1, 0.15) is 34.8 Å². The summed E-state index contributed by atoms with van der Waals surface area (Å²) in [6, 6.07) is 7.87. The molecule has 19 heteroatoms. The highest BCUT2D eigenvalue weighted by molar-refractivity contribution is 5.93. The molecule has 2 aliphatic heterocycles. The molecule has 6 rings (SSSR count). The van der Waals surface area contributed by atoms with E-state index in [9.17, 15) is 28.8 Å². The molecule has 6 N–H and O–H groups in total. The maximum absolute atomic E-state index is 13.6. The summed E-state index contributed by atoms with van der Waals surface area (Å²) in [7, 11) is 1.67. The molecular weight excluding hydrogens is 747 g/mol. The van der Waals surface area contributed by atoms with Gasteiger partial charge in [0.15, 0.2) is 0 Å². The van der Waals surface area contributed by atoms with Crippen molar-refractivity contribution in [3.05, 3.63) is 80.1 Å². The summed E-state index contributed by atoms with van der Waals surface area (Å²) in [4.78, 5) is 76.6. The molecule has 4 unspecified atom stereocenters. The number of aromatic nitrogens is 6. The smallest absolute Gasteiger partial charge is 0.253 e. The van der Waals surface area contributed by atoms with E-state index in [2.05, 4.69) is 52.5 Å². The summed E-state index contributed by atoms with van der Waals surface area (Å²) < 4.78 is 3.42. The van der Waals surface area contributed by atoms with Crippen LogP contribution in [0.25, 0.3) is 0 Å². The zero-order valence-corrected chi connectivity index (χ0v) is 32.8. The van der Waals surface area contributed by atoms with E-state index >= 15 is 0 Å². The first-order valence-corrected chi connectivity index (χ1v) is 20.2. The van der Waals surface area contributed by atoms with E-state index in [-0.39, 0.29) is 36.9 Å². The van der Waals surface area contributed by atoms with Crippen LogP contribution < -0.4 is 42.8 Å². The molecule has 2 aromatic carbocycles. The van der Waals surface area contributed by atoms with Crippen molar-refractivity contribution >= 4 is 35.5 Å². The molecule has 0 bridgehead atoms. The van der Waals surface area contributed by atoms with Gasteiger partial charge in [0, 0.05) is 32.2 Å². The fourth-order valence-electron chi connectivity index (χ4n) is 7.73. The highest BCUT2D eigenvalue weighted by atomic mass is 16.2. The van der Waals surface area contributed by atoms with Crippen LogP contribution in [0, 0.1) is 0 Å². The molecule has 310 valence electrons. The molecule has 4 heterocycles. The van der Waals surface area contributed by atoms with Crippen molar-refractivity contribution in [2.75, 3.05) is 37.3 Å². The molecule has 0 saturated carbocycles. The fraction of sp³-hybridized carbons (Fsp3) is 0.538. The third-order valence-electron chi connectivity index (χ3n) is 10.7. The van der Waals surface area contributed by atoms with Gasteiger partial charge in [0.2, 0.25) is 24.1 Å². The van der Waals surface area contributed by atoms with Gasteiger partial charge in [-0.2, -0.15) is 0 Å². The highest BCUT2D eigenvalue weighted by Crippen LogP contribution is 2.31. The SMILES string of the molecule is CNCC(=O)NC1CCCCC2CCC(C(=O)NCc3cn(CCCCNc4c(NCCCCn5cc(C(NC=O)c6ccccc6)nn5)c(=O)c4=O)nn3)N2C1=O. The Morgan fingerprint density at radius 1 is 0.845 bits per heavy atom. The Morgan fingerprint density at radius 3 is 2.21 bits per heavy atom. The second kappa shape index (κ2) is 20.4. The van der Waals surface area contributed by atoms with Crippen LogP contribution in [-0.4, -0.2) is 104 Å². The van der Waals surface area contributed by atoms with Gasteiger partial charge in [-0.05, 0) is 64.0 Å². The number of nitrogens with one attached hydrogen (secondary N) is 6. The zero-order valence-electron chi connectivity index (χ0n) is 32.8. The van der Waals surface area contributed by atoms with Gasteiger partial charge in [-0.1, -0.05) is 53.6 Å². The molecule has 2 fully saturated rings. The maximum atomic E-state index is 13.6. The van der Waals surface area contributed by atoms with E-state index in [1.165, 1.54) is 0 Å². The Morgan fingerprint density at radius 2 is 1.52 bits per heavy atom. The minimum atomic E-state index is -0.641. The topological polar surface area (TPSA) is 239 Å². The van der Waals surface area contributed by atoms with E-state index in [4.69, 9.17) is 0 Å². The molecule has 2 aliphatic rings. The molecule has 0 radical (unpaired) electrons. The number of amides is 4. The Labute approximate surface area is 335 Å². The molecule has 0 spiro atoms. The molecule has 0 aliphatic carbocycles. The first kappa shape index (κ1) is 41.6. The summed E-state index contributed by atoms with van der Waals surface area (Å²) in [6.07, 6.45) is 11.6. The predicted octanol–water partition coefficient (Wildman–Crippen LogP) is 0.340. The van der Waals surface area contributed by atoms with E-state index in [1.54, 1.807) is 27.5 Å². The average molecular weight is 800 g/mol. The van der Waals surface area contributed by atoms with Crippen molar-refractivity contribution < 1.29 is 19.2 Å². The van der Waals surface area contributed by atoms with Gasteiger partial charge >= 0.3 is 0 Å². The number of hydrogen-bond donors (Lipinski definition) is 6. The van der Waals surface area contributed by atoms with Crippen LogP contribution in [0.2, 0.25) is 0 Å². The van der Waals surface area contributed by atoms with Crippen LogP contribution in [0.4, 0.5) is 11.4 Å². The first-order chi connectivity index (χ1) is 28.3. The molecule has 4 atom stereocenters. The lowest BCUT2D eigenvalue weighted by Gasteiger charge is -2.35. The number of benzene rings is 1. The van der Waals surface area contributed by atoms with Gasteiger partial charge in [-0.25, -0.2) is 0 Å². The lowest BCUT2D eigenvalue weighted by Crippen LogP contribution is -2.57. The largest absolute Gasteiger partial charge is 0.380 e. The monoisotopic (exact) mass is 799 g/mol. The van der Waals surface area contributed by atoms with Gasteiger partial charge in [0.05, 0.1) is 31.5 Å². The van der Waals surface area contributed by atoms with Gasteiger partial charge in [0.25, 0.3) is 10.9 Å². The number of likely N-dealkylation sites (N-methyl/N-ethyl adjacent to an activating group) is 1. The Balaban J connectivity index is 0.877. The van der Waals surface area contributed by atoms with Crippen molar-refractivity contribution in [3.63, 3.8) is 0 Å². The van der Waals surface area contributed by atoms with E-state index < -0.39 is 29.0 Å². The summed E-state index contributed by atoms with van der Waals surface area (Å²) >= 11 is 0. The van der Waals surface area contributed by atoms with Crippen molar-refractivity contribution in [3.8, 4) is 0 Å². The lowest BCUT2D eigenvalue weighted by atomic mass is 9.99. The zero-order chi connectivity index (χ0) is 40.9. The number of unbranched alkanes of at least 4 members (excludes halogenated alkanes) is 2. The van der Waals surface area contributed by atoms with Gasteiger partial charge < -0.3 is 36.8 Å². The van der Waals surface area contributed by atoms with Crippen LogP contribution >= 0.6 is 0 Å². The van der Waals surface area contributed by atoms with Crippen LogP contribution in [0.15, 0.2) is 52.3 Å². The van der Waals surface area contributed by atoms with Crippen molar-refractivity contribution in [2.24, 2.45) is 0 Å². The predicted molar refractivity (Wildman–Crippen MR) is 214 cm³/mol. The number of anilines is 2. The second-order valence-electron chi connectivity index (χ2n) is 14.8. The molecular formula is C39H53N13O6. The summed E-state index contributed by atoms with van der Waals surface area (Å²) in [5.74, 6) is -0.682. The van der Waals surface area contributed by atoms with Gasteiger partial charge in [-0.15, -0.1) is 10.2 Å². The molecule has 4 aromatic rings. The molecule has 2 aromatic heterocycles. The number of aryl methyl sites for hydroxylation is 2. The van der Waals surface area contributed by atoms with Crippen LogP contribution in [0.3, 0.4) is 0 Å². The summed E-state index contributed by atoms with van der Waals surface area (Å²) in [6.45, 7) is 2.45. The third-order valence-corrected chi connectivity index (χ3v) is 10.7. The second-order valence-corrected chi connectivity index (χ2v) is 14.8. The van der Waals surface area contributed by atoms with Crippen LogP contribution in [-0.2, 0) is 38.8 Å².